The average Bonchev–Trinajstić information content (AvgIpc) is 3.51. The maximum Gasteiger partial charge on any atom is 0.404 e. The first-order valence-corrected chi connectivity index (χ1v) is 12.6. The molecule has 4 rings (SSSR count). The summed E-state index contributed by atoms with van der Waals surface area (Å²) < 4.78 is 70.4. The molecule has 1 aromatic carbocycles. The standard InChI is InChI=1S/C24H26F3N3O4S/c1-13(24(25,26)27)30-35(32,33)16-8-10-18(28-12-16)21-20(22(31)34-23(2,3)4)17-9-7-15(14-5-6-14)11-19(17)29-21/h7-14,29-30H,5-6H2,1-4H3/t13-/m0/s1. The third-order valence-electron chi connectivity index (χ3n) is 5.60. The van der Waals surface area contributed by atoms with Crippen molar-refractivity contribution in [2.45, 2.75) is 69.2 Å². The molecule has 2 N–H and O–H groups in total. The smallest absolute Gasteiger partial charge is 0.404 e. The molecule has 1 saturated carbocycles. The molecule has 1 aliphatic carbocycles. The number of carbonyl (C=O) groups excluding carboxylic acids is 1. The summed E-state index contributed by atoms with van der Waals surface area (Å²) in [5, 5.41) is 0.637. The molecule has 2 aromatic heterocycles. The van der Waals surface area contributed by atoms with Crippen LogP contribution >= 0.6 is 0 Å². The molecule has 7 nitrogen and oxygen atoms in total. The van der Waals surface area contributed by atoms with Crippen molar-refractivity contribution < 1.29 is 31.1 Å². The highest BCUT2D eigenvalue weighted by atomic mass is 32.2. The fourth-order valence-corrected chi connectivity index (χ4v) is 4.85. The van der Waals surface area contributed by atoms with Gasteiger partial charge < -0.3 is 9.72 Å². The summed E-state index contributed by atoms with van der Waals surface area (Å²) in [6.07, 6.45) is -1.56. The Labute approximate surface area is 201 Å². The second kappa shape index (κ2) is 8.63. The van der Waals surface area contributed by atoms with E-state index < -0.39 is 38.7 Å². The highest BCUT2D eigenvalue weighted by Gasteiger charge is 2.39. The SMILES string of the molecule is C[C@H](NS(=O)(=O)c1ccc(-c2[nH]c3cc(C4CC4)ccc3c2C(=O)OC(C)(C)C)nc1)C(F)(F)F. The highest BCUT2D eigenvalue weighted by Crippen LogP contribution is 2.42. The molecular weight excluding hydrogens is 483 g/mol. The molecule has 11 heteroatoms. The highest BCUT2D eigenvalue weighted by molar-refractivity contribution is 7.89. The van der Waals surface area contributed by atoms with Crippen molar-refractivity contribution >= 4 is 26.9 Å². The fourth-order valence-electron chi connectivity index (χ4n) is 3.67. The van der Waals surface area contributed by atoms with Gasteiger partial charge in [0.25, 0.3) is 0 Å². The number of nitrogens with one attached hydrogen (secondary N) is 2. The molecule has 0 unspecified atom stereocenters. The van der Waals surface area contributed by atoms with E-state index in [0.717, 1.165) is 30.7 Å². The van der Waals surface area contributed by atoms with Crippen molar-refractivity contribution in [1.29, 1.82) is 0 Å². The number of H-pyrrole nitrogens is 1. The Kier molecular flexibility index (Phi) is 6.21. The van der Waals surface area contributed by atoms with E-state index in [1.165, 1.54) is 6.07 Å². The maximum absolute atomic E-state index is 13.1. The largest absolute Gasteiger partial charge is 0.456 e. The van der Waals surface area contributed by atoms with E-state index in [9.17, 15) is 26.4 Å². The number of aromatic amines is 1. The number of sulfonamides is 1. The van der Waals surface area contributed by atoms with Crippen LogP contribution in [0.1, 0.15) is 62.4 Å². The lowest BCUT2D eigenvalue weighted by atomic mass is 10.0. The predicted molar refractivity (Wildman–Crippen MR) is 125 cm³/mol. The number of nitrogens with zero attached hydrogens (tertiary/aromatic N) is 1. The Morgan fingerprint density at radius 1 is 1.17 bits per heavy atom. The van der Waals surface area contributed by atoms with Crippen LogP contribution in [0.4, 0.5) is 13.2 Å². The zero-order valence-corrected chi connectivity index (χ0v) is 20.5. The van der Waals surface area contributed by atoms with Gasteiger partial charge in [-0.05, 0) is 70.2 Å². The minimum Gasteiger partial charge on any atom is -0.456 e. The van der Waals surface area contributed by atoms with Crippen molar-refractivity contribution in [3.05, 3.63) is 47.7 Å². The number of hydrogen-bond acceptors (Lipinski definition) is 5. The van der Waals surface area contributed by atoms with Gasteiger partial charge in [-0.15, -0.1) is 0 Å². The first-order chi connectivity index (χ1) is 16.2. The van der Waals surface area contributed by atoms with E-state index in [-0.39, 0.29) is 11.3 Å². The number of rotatable bonds is 6. The van der Waals surface area contributed by atoms with Crippen molar-refractivity contribution in [2.24, 2.45) is 0 Å². The van der Waals surface area contributed by atoms with Crippen LogP contribution in [-0.2, 0) is 14.8 Å². The maximum atomic E-state index is 13.1. The molecule has 0 spiro atoms. The molecule has 1 aliphatic rings. The van der Waals surface area contributed by atoms with Crippen molar-refractivity contribution in [1.82, 2.24) is 14.7 Å². The average molecular weight is 510 g/mol. The van der Waals surface area contributed by atoms with Crippen molar-refractivity contribution in [2.75, 3.05) is 0 Å². The predicted octanol–water partition coefficient (Wildman–Crippen LogP) is 5.29. The van der Waals surface area contributed by atoms with Gasteiger partial charge in [-0.2, -0.15) is 17.9 Å². The lowest BCUT2D eigenvalue weighted by molar-refractivity contribution is -0.147. The number of fused-ring (bicyclic) bond motifs is 1. The Hall–Kier alpha value is -2.92. The van der Waals surface area contributed by atoms with E-state index >= 15 is 0 Å². The van der Waals surface area contributed by atoms with Crippen LogP contribution in [0.25, 0.3) is 22.3 Å². The quantitative estimate of drug-likeness (QED) is 0.440. The molecular formula is C24H26F3N3O4S. The molecule has 0 radical (unpaired) electrons. The summed E-state index contributed by atoms with van der Waals surface area (Å²) in [7, 11) is -4.46. The van der Waals surface area contributed by atoms with Gasteiger partial charge in [-0.3, -0.25) is 4.98 Å². The molecule has 1 atom stereocenters. The lowest BCUT2D eigenvalue weighted by Crippen LogP contribution is -2.42. The number of aromatic nitrogens is 2. The summed E-state index contributed by atoms with van der Waals surface area (Å²) >= 11 is 0. The van der Waals surface area contributed by atoms with Crippen LogP contribution in [0.2, 0.25) is 0 Å². The molecule has 0 saturated heterocycles. The Bertz CT molecular complexity index is 1370. The number of hydrogen-bond donors (Lipinski definition) is 2. The molecule has 0 bridgehead atoms. The van der Waals surface area contributed by atoms with Gasteiger partial charge in [0.15, 0.2) is 0 Å². The van der Waals surface area contributed by atoms with Gasteiger partial charge in [-0.1, -0.05) is 12.1 Å². The summed E-state index contributed by atoms with van der Waals surface area (Å²) in [6, 6.07) is 6.03. The molecule has 3 aromatic rings. The first-order valence-electron chi connectivity index (χ1n) is 11.1. The third-order valence-corrected chi connectivity index (χ3v) is 7.13. The van der Waals surface area contributed by atoms with Crippen LogP contribution in [0.15, 0.2) is 41.4 Å². The Morgan fingerprint density at radius 2 is 1.86 bits per heavy atom. The molecule has 1 fully saturated rings. The van der Waals surface area contributed by atoms with Gasteiger partial charge in [0, 0.05) is 17.1 Å². The van der Waals surface area contributed by atoms with E-state index in [2.05, 4.69) is 9.97 Å². The van der Waals surface area contributed by atoms with Gasteiger partial charge in [0.05, 0.1) is 17.0 Å². The van der Waals surface area contributed by atoms with E-state index in [1.807, 2.05) is 18.2 Å². The summed E-state index contributed by atoms with van der Waals surface area (Å²) in [5.41, 5.74) is 1.95. The molecule has 2 heterocycles. The van der Waals surface area contributed by atoms with Gasteiger partial charge in [-0.25, -0.2) is 13.2 Å². The van der Waals surface area contributed by atoms with Crippen LogP contribution in [0.5, 0.6) is 0 Å². The minimum atomic E-state index is -4.73. The molecule has 0 aliphatic heterocycles. The number of alkyl halides is 3. The van der Waals surface area contributed by atoms with Crippen LogP contribution in [-0.4, -0.2) is 42.2 Å². The van der Waals surface area contributed by atoms with Crippen molar-refractivity contribution in [3.63, 3.8) is 0 Å². The number of halogens is 3. The van der Waals surface area contributed by atoms with Crippen molar-refractivity contribution in [3.8, 4) is 11.4 Å². The zero-order valence-electron chi connectivity index (χ0n) is 19.7. The summed E-state index contributed by atoms with van der Waals surface area (Å²) in [4.78, 5) is 20.0. The fraction of sp³-hybridized carbons (Fsp3) is 0.417. The number of benzene rings is 1. The first kappa shape index (κ1) is 25.2. The number of carbonyl (C=O) groups is 1. The van der Waals surface area contributed by atoms with E-state index in [4.69, 9.17) is 4.74 Å². The van der Waals surface area contributed by atoms with Gasteiger partial charge in [0.1, 0.15) is 16.5 Å². The topological polar surface area (TPSA) is 101 Å². The minimum absolute atomic E-state index is 0.248. The number of esters is 1. The van der Waals surface area contributed by atoms with E-state index in [1.54, 1.807) is 25.5 Å². The second-order valence-corrected chi connectivity index (χ2v) is 11.4. The van der Waals surface area contributed by atoms with Crippen LogP contribution in [0.3, 0.4) is 0 Å². The third kappa shape index (κ3) is 5.51. The Morgan fingerprint density at radius 3 is 2.40 bits per heavy atom. The number of ether oxygens (including phenoxy) is 1. The number of pyridine rings is 1. The zero-order chi connectivity index (χ0) is 25.8. The van der Waals surface area contributed by atoms with Crippen LogP contribution < -0.4 is 4.72 Å². The molecule has 188 valence electrons. The molecule has 0 amide bonds. The van der Waals surface area contributed by atoms with Gasteiger partial charge in [0.2, 0.25) is 10.0 Å². The summed E-state index contributed by atoms with van der Waals surface area (Å²) in [5.74, 6) is -0.0811. The second-order valence-electron chi connectivity index (χ2n) is 9.72. The van der Waals surface area contributed by atoms with Gasteiger partial charge >= 0.3 is 12.1 Å². The summed E-state index contributed by atoms with van der Waals surface area (Å²) in [6.45, 7) is 5.96. The van der Waals surface area contributed by atoms with Crippen LogP contribution in [0, 0.1) is 0 Å². The monoisotopic (exact) mass is 509 g/mol. The Balaban J connectivity index is 1.74. The normalized spacial score (nSPS) is 15.9. The lowest BCUT2D eigenvalue weighted by Gasteiger charge is -2.20. The molecule has 35 heavy (non-hydrogen) atoms. The van der Waals surface area contributed by atoms with E-state index in [0.29, 0.717) is 29.4 Å².